The molecule has 1 aliphatic heterocycles. The molecule has 0 unspecified atom stereocenters. The summed E-state index contributed by atoms with van der Waals surface area (Å²) >= 11 is 7.47. The molecule has 0 spiro atoms. The monoisotopic (exact) mass is 1110 g/mol. The second kappa shape index (κ2) is 27.4. The smallest absolute Gasteiger partial charge is 0.466 e. The van der Waals surface area contributed by atoms with Gasteiger partial charge in [0.25, 0.3) is 25.8 Å². The predicted octanol–water partition coefficient (Wildman–Crippen LogP) is 10.3. The average molecular weight is 1120 g/mol. The number of esters is 2. The average Bonchev–Trinajstić information content (AvgIpc) is 3.39. The number of likely N-dealkylation sites (N-methyl/N-ethyl adjacent to an activating group) is 1. The number of piperidine rings is 1. The van der Waals surface area contributed by atoms with Crippen LogP contribution >= 0.6 is 23.4 Å². The number of nitrogens with one attached hydrogen (secondary N) is 2. The van der Waals surface area contributed by atoms with E-state index < -0.39 is 64.9 Å². The number of carbonyl (C=O) groups excluding carboxylic acids is 3. The van der Waals surface area contributed by atoms with Crippen molar-refractivity contribution in [1.29, 1.82) is 0 Å². The van der Waals surface area contributed by atoms with Crippen LogP contribution in [0.15, 0.2) is 136 Å². The Kier molecular flexibility index (Phi) is 21.4. The lowest BCUT2D eigenvalue weighted by Gasteiger charge is -2.36. The van der Waals surface area contributed by atoms with Crippen molar-refractivity contribution in [2.24, 2.45) is 5.92 Å². The van der Waals surface area contributed by atoms with Crippen LogP contribution in [-0.4, -0.2) is 108 Å². The van der Waals surface area contributed by atoms with E-state index in [-0.39, 0.29) is 62.0 Å². The maximum atomic E-state index is 14.3. The summed E-state index contributed by atoms with van der Waals surface area (Å²) in [5.41, 5.74) is -2.99. The maximum absolute atomic E-state index is 14.3. The van der Waals surface area contributed by atoms with Crippen LogP contribution in [0.1, 0.15) is 80.3 Å². The highest BCUT2D eigenvalue weighted by Crippen LogP contribution is 2.39. The van der Waals surface area contributed by atoms with Crippen molar-refractivity contribution in [3.63, 3.8) is 0 Å². The molecule has 0 bridgehead atoms. The van der Waals surface area contributed by atoms with Gasteiger partial charge in [-0.1, -0.05) is 79.5 Å². The summed E-state index contributed by atoms with van der Waals surface area (Å²) in [6, 6.07) is 31.9. The Morgan fingerprint density at radius 2 is 1.47 bits per heavy atom. The maximum Gasteiger partial charge on any atom is 0.501 e. The van der Waals surface area contributed by atoms with Crippen LogP contribution in [0.4, 0.5) is 24.5 Å². The topological polar surface area (TPSA) is 189 Å². The molecule has 6 rings (SSSR count). The molecule has 0 aliphatic carbocycles. The Bertz CT molecular complexity index is 2910. The Hall–Kier alpha value is -5.64. The molecular weight excluding hydrogens is 1050 g/mol. The Morgan fingerprint density at radius 1 is 0.827 bits per heavy atom. The highest BCUT2D eigenvalue weighted by Gasteiger charge is 2.48. The van der Waals surface area contributed by atoms with E-state index >= 15 is 0 Å². The van der Waals surface area contributed by atoms with Crippen LogP contribution in [0.3, 0.4) is 0 Å². The number of halogens is 4. The van der Waals surface area contributed by atoms with Gasteiger partial charge >= 0.3 is 17.4 Å². The third-order valence-electron chi connectivity index (χ3n) is 12.7. The van der Waals surface area contributed by atoms with Gasteiger partial charge in [-0.2, -0.15) is 13.2 Å². The summed E-state index contributed by atoms with van der Waals surface area (Å²) in [4.78, 5) is 40.0. The van der Waals surface area contributed by atoms with Crippen molar-refractivity contribution in [1.82, 2.24) is 9.62 Å². The summed E-state index contributed by atoms with van der Waals surface area (Å²) in [7, 11) is -9.35. The Morgan fingerprint density at radius 3 is 2.12 bits per heavy atom. The van der Waals surface area contributed by atoms with Crippen LogP contribution in [0, 0.1) is 5.92 Å². The van der Waals surface area contributed by atoms with Gasteiger partial charge in [0, 0.05) is 65.4 Å². The first-order chi connectivity index (χ1) is 35.7. The summed E-state index contributed by atoms with van der Waals surface area (Å²) in [5, 5.41) is 15.1. The SMILES string of the molecule is CCCCOC(=O)CCCC(=O)OCCN(C)CC[C@H](CSc1ccccc1)Nc1ccc(S(=O)(=O)NC(=O)c2ccc(N3CCC([C@@H](O)c4ccccc4-c4ccc(Cl)cc4)CC3)cc2)cc1S(=O)(=O)C(F)(F)F. The molecule has 404 valence electrons. The molecule has 1 fully saturated rings. The van der Waals surface area contributed by atoms with E-state index in [9.17, 15) is 49.5 Å². The highest BCUT2D eigenvalue weighted by molar-refractivity contribution is 7.99. The number of thioether (sulfide) groups is 1. The highest BCUT2D eigenvalue weighted by atomic mass is 35.5. The number of ether oxygens (including phenoxy) is 2. The molecule has 1 amide bonds. The molecule has 2 atom stereocenters. The van der Waals surface area contributed by atoms with Crippen LogP contribution in [-0.2, 0) is 38.9 Å². The number of hydrogen-bond acceptors (Lipinski definition) is 14. The lowest BCUT2D eigenvalue weighted by Crippen LogP contribution is -2.36. The first-order valence-electron chi connectivity index (χ1n) is 24.6. The summed E-state index contributed by atoms with van der Waals surface area (Å²) < 4.78 is 109. The number of amides is 1. The molecule has 3 N–H and O–H groups in total. The molecule has 5 aromatic rings. The molecule has 0 aromatic heterocycles. The van der Waals surface area contributed by atoms with Gasteiger partial charge in [-0.25, -0.2) is 21.6 Å². The van der Waals surface area contributed by atoms with Gasteiger partial charge in [-0.05, 0) is 135 Å². The van der Waals surface area contributed by atoms with Crippen LogP contribution in [0.2, 0.25) is 5.02 Å². The molecule has 1 saturated heterocycles. The number of alkyl halides is 3. The van der Waals surface area contributed by atoms with Gasteiger partial charge in [0.2, 0.25) is 0 Å². The number of hydrogen-bond donors (Lipinski definition) is 3. The third kappa shape index (κ3) is 16.9. The molecular formula is C54H62ClF3N4O10S3. The number of aliphatic hydroxyl groups excluding tert-OH is 1. The first-order valence-corrected chi connectivity index (χ1v) is 28.9. The number of aliphatic hydroxyl groups is 1. The lowest BCUT2D eigenvalue weighted by atomic mass is 9.84. The molecule has 0 saturated carbocycles. The molecule has 1 heterocycles. The fourth-order valence-corrected chi connectivity index (χ4v) is 11.5. The van der Waals surface area contributed by atoms with Gasteiger partial charge in [0.1, 0.15) is 11.5 Å². The van der Waals surface area contributed by atoms with Crippen molar-refractivity contribution >= 4 is 72.4 Å². The second-order valence-corrected chi connectivity index (χ2v) is 23.3. The largest absolute Gasteiger partial charge is 0.501 e. The van der Waals surface area contributed by atoms with Crippen molar-refractivity contribution in [2.75, 3.05) is 62.4 Å². The minimum atomic E-state index is -6.16. The van der Waals surface area contributed by atoms with Gasteiger partial charge in [0.15, 0.2) is 0 Å². The van der Waals surface area contributed by atoms with Crippen molar-refractivity contribution in [3.05, 3.63) is 137 Å². The van der Waals surface area contributed by atoms with Gasteiger partial charge in [0.05, 0.1) is 23.3 Å². The first kappa shape index (κ1) is 58.6. The quantitative estimate of drug-likeness (QED) is 0.0269. The number of unbranched alkanes of at least 4 members (excludes halogenated alkanes) is 1. The van der Waals surface area contributed by atoms with Crippen LogP contribution in [0.5, 0.6) is 0 Å². The Balaban J connectivity index is 1.08. The van der Waals surface area contributed by atoms with E-state index in [1.807, 2.05) is 83.3 Å². The summed E-state index contributed by atoms with van der Waals surface area (Å²) in [6.45, 7) is 4.11. The minimum Gasteiger partial charge on any atom is -0.466 e. The van der Waals surface area contributed by atoms with E-state index in [4.69, 9.17) is 21.1 Å². The zero-order chi connectivity index (χ0) is 54.2. The number of carbonyl (C=O) groups is 3. The number of rotatable bonds is 26. The fraction of sp³-hybridized carbons (Fsp3) is 0.389. The summed E-state index contributed by atoms with van der Waals surface area (Å²) in [5.74, 6) is -1.76. The molecule has 5 aromatic carbocycles. The molecule has 0 radical (unpaired) electrons. The van der Waals surface area contributed by atoms with E-state index in [2.05, 4.69) is 10.2 Å². The van der Waals surface area contributed by atoms with E-state index in [0.29, 0.717) is 50.2 Å². The van der Waals surface area contributed by atoms with Crippen LogP contribution in [0.25, 0.3) is 11.1 Å². The predicted molar refractivity (Wildman–Crippen MR) is 285 cm³/mol. The van der Waals surface area contributed by atoms with Crippen molar-refractivity contribution in [3.8, 4) is 11.1 Å². The number of sulfonamides is 1. The lowest BCUT2D eigenvalue weighted by molar-refractivity contribution is -0.145. The number of anilines is 2. The Labute approximate surface area is 446 Å². The van der Waals surface area contributed by atoms with Gasteiger partial charge in [-0.3, -0.25) is 14.4 Å². The van der Waals surface area contributed by atoms with Crippen molar-refractivity contribution in [2.45, 2.75) is 90.6 Å². The second-order valence-electron chi connectivity index (χ2n) is 18.2. The fourth-order valence-electron chi connectivity index (χ4n) is 8.36. The molecule has 14 nitrogen and oxygen atoms in total. The van der Waals surface area contributed by atoms with E-state index in [1.54, 1.807) is 31.3 Å². The van der Waals surface area contributed by atoms with E-state index in [0.717, 1.165) is 52.2 Å². The standard InChI is InChI=1S/C54H62ClF3N4O10S3/c1-3-4-34-71-50(63)15-10-16-51(64)72-35-33-61(2)30-29-42(37-73-44-11-6-5-7-12-44)59-48-26-25-45(36-49(48)74(67,68)54(56,57)58)75(69,70)60-53(66)40-19-23-43(24-20-40)62-31-27-39(28-32-62)52(65)47-14-9-8-13-46(47)38-17-21-41(55)22-18-38/h5-9,11-14,17-26,36,39,42,52,59,65H,3-4,10,15-16,27-35,37H2,1-2H3,(H,60,66)/t42-,52-/m1/s1. The molecule has 75 heavy (non-hydrogen) atoms. The zero-order valence-electron chi connectivity index (χ0n) is 41.6. The van der Waals surface area contributed by atoms with E-state index in [1.165, 1.54) is 23.9 Å². The number of nitrogens with zero attached hydrogens (tertiary/aromatic N) is 2. The van der Waals surface area contributed by atoms with Gasteiger partial charge in [-0.15, -0.1) is 11.8 Å². The molecule has 1 aliphatic rings. The molecule has 21 heteroatoms. The van der Waals surface area contributed by atoms with Crippen LogP contribution < -0.4 is 14.9 Å². The number of sulfone groups is 1. The van der Waals surface area contributed by atoms with Crippen molar-refractivity contribution < 1.29 is 59.0 Å². The zero-order valence-corrected chi connectivity index (χ0v) is 44.8. The van der Waals surface area contributed by atoms with Gasteiger partial charge < -0.3 is 29.7 Å². The summed E-state index contributed by atoms with van der Waals surface area (Å²) in [6.07, 6.45) is 2.88. The third-order valence-corrected chi connectivity index (χ3v) is 17.0. The number of benzene rings is 5. The minimum absolute atomic E-state index is 0.0225. The normalized spacial score (nSPS) is 14.3.